The Morgan fingerprint density at radius 2 is 1.64 bits per heavy atom. The monoisotopic (exact) mass is 485 g/mol. The average Bonchev–Trinajstić information content (AvgIpc) is 3.41. The third kappa shape index (κ3) is 4.69. The zero-order chi connectivity index (χ0) is 23.4. The van der Waals surface area contributed by atoms with Crippen LogP contribution in [0, 0.1) is 0 Å². The lowest BCUT2D eigenvalue weighted by molar-refractivity contribution is -0.132. The van der Waals surface area contributed by atoms with E-state index in [1.165, 1.54) is 11.4 Å². The van der Waals surface area contributed by atoms with Crippen LogP contribution in [0.25, 0.3) is 0 Å². The van der Waals surface area contributed by atoms with Gasteiger partial charge in [0.15, 0.2) is 0 Å². The van der Waals surface area contributed by atoms with Gasteiger partial charge in [0, 0.05) is 31.9 Å². The van der Waals surface area contributed by atoms with Gasteiger partial charge in [-0.3, -0.25) is 4.79 Å². The van der Waals surface area contributed by atoms with Crippen LogP contribution in [0.15, 0.2) is 76.3 Å². The van der Waals surface area contributed by atoms with E-state index in [0.29, 0.717) is 37.6 Å². The SMILES string of the molecule is COc1ccccc1N(C(C)C(=O)N1CCN(c2ccccc2)CC1)S(=O)(=O)c1cccs1. The number of hydrogen-bond acceptors (Lipinski definition) is 6. The minimum atomic E-state index is -3.97. The van der Waals surface area contributed by atoms with E-state index >= 15 is 0 Å². The van der Waals surface area contributed by atoms with Gasteiger partial charge in [-0.15, -0.1) is 11.3 Å². The van der Waals surface area contributed by atoms with Crippen LogP contribution in [-0.4, -0.2) is 58.6 Å². The van der Waals surface area contributed by atoms with Crippen molar-refractivity contribution in [1.29, 1.82) is 0 Å². The van der Waals surface area contributed by atoms with Crippen LogP contribution in [0.3, 0.4) is 0 Å². The molecule has 0 spiro atoms. The highest BCUT2D eigenvalue weighted by Crippen LogP contribution is 2.35. The van der Waals surface area contributed by atoms with Crippen molar-refractivity contribution >= 4 is 38.6 Å². The molecule has 1 unspecified atom stereocenters. The van der Waals surface area contributed by atoms with E-state index in [1.54, 1.807) is 53.6 Å². The molecule has 0 N–H and O–H groups in total. The first-order chi connectivity index (χ1) is 15.9. The number of para-hydroxylation sites is 3. The second-order valence-electron chi connectivity index (χ2n) is 7.73. The molecule has 1 aliphatic rings. The number of methoxy groups -OCH3 is 1. The Bertz CT molecular complexity index is 1180. The van der Waals surface area contributed by atoms with E-state index in [4.69, 9.17) is 4.74 Å². The number of benzene rings is 2. The molecule has 2 aromatic carbocycles. The number of amides is 1. The Balaban J connectivity index is 1.60. The van der Waals surface area contributed by atoms with E-state index in [9.17, 15) is 13.2 Å². The average molecular weight is 486 g/mol. The summed E-state index contributed by atoms with van der Waals surface area (Å²) >= 11 is 1.13. The molecule has 1 saturated heterocycles. The number of ether oxygens (including phenoxy) is 1. The first-order valence-electron chi connectivity index (χ1n) is 10.7. The molecular formula is C24H27N3O4S2. The lowest BCUT2D eigenvalue weighted by atomic mass is 10.2. The number of nitrogens with zero attached hydrogens (tertiary/aromatic N) is 3. The largest absolute Gasteiger partial charge is 0.495 e. The van der Waals surface area contributed by atoms with Gasteiger partial charge < -0.3 is 14.5 Å². The third-order valence-corrected chi connectivity index (χ3v) is 9.01. The maximum Gasteiger partial charge on any atom is 0.274 e. The number of piperazine rings is 1. The van der Waals surface area contributed by atoms with Crippen LogP contribution in [0.2, 0.25) is 0 Å². The van der Waals surface area contributed by atoms with Crippen LogP contribution in [0.4, 0.5) is 11.4 Å². The molecule has 7 nitrogen and oxygen atoms in total. The Morgan fingerprint density at radius 3 is 2.27 bits per heavy atom. The zero-order valence-electron chi connectivity index (χ0n) is 18.6. The fraction of sp³-hybridized carbons (Fsp3) is 0.292. The summed E-state index contributed by atoms with van der Waals surface area (Å²) in [6.45, 7) is 4.07. The lowest BCUT2D eigenvalue weighted by Crippen LogP contribution is -2.55. The molecule has 1 fully saturated rings. The van der Waals surface area contributed by atoms with Crippen molar-refractivity contribution in [3.05, 3.63) is 72.1 Å². The summed E-state index contributed by atoms with van der Waals surface area (Å²) in [5.41, 5.74) is 1.46. The summed E-state index contributed by atoms with van der Waals surface area (Å²) in [4.78, 5) is 17.5. The molecule has 0 saturated carbocycles. The van der Waals surface area contributed by atoms with Gasteiger partial charge in [0.05, 0.1) is 12.8 Å². The minimum Gasteiger partial charge on any atom is -0.495 e. The van der Waals surface area contributed by atoms with E-state index in [0.717, 1.165) is 17.0 Å². The molecule has 4 rings (SSSR count). The second-order valence-corrected chi connectivity index (χ2v) is 10.7. The molecule has 1 aromatic heterocycles. The number of rotatable bonds is 7. The number of carbonyl (C=O) groups excluding carboxylic acids is 1. The Labute approximate surface area is 198 Å². The van der Waals surface area contributed by atoms with Gasteiger partial charge in [0.1, 0.15) is 16.0 Å². The van der Waals surface area contributed by atoms with Crippen LogP contribution in [0.5, 0.6) is 5.75 Å². The van der Waals surface area contributed by atoms with E-state index in [1.807, 2.05) is 18.2 Å². The number of carbonyl (C=O) groups is 1. The maximum atomic E-state index is 13.6. The van der Waals surface area contributed by atoms with Gasteiger partial charge in [-0.1, -0.05) is 36.4 Å². The quantitative estimate of drug-likeness (QED) is 0.511. The fourth-order valence-electron chi connectivity index (χ4n) is 4.05. The normalized spacial score (nSPS) is 15.2. The Kier molecular flexibility index (Phi) is 6.90. The predicted octanol–water partition coefficient (Wildman–Crippen LogP) is 3.69. The molecular weight excluding hydrogens is 458 g/mol. The molecule has 9 heteroatoms. The van der Waals surface area contributed by atoms with Crippen LogP contribution in [-0.2, 0) is 14.8 Å². The number of hydrogen-bond donors (Lipinski definition) is 0. The molecule has 0 radical (unpaired) electrons. The van der Waals surface area contributed by atoms with Gasteiger partial charge in [-0.25, -0.2) is 12.7 Å². The Morgan fingerprint density at radius 1 is 0.970 bits per heavy atom. The minimum absolute atomic E-state index is 0.182. The van der Waals surface area contributed by atoms with E-state index in [2.05, 4.69) is 17.0 Å². The smallest absolute Gasteiger partial charge is 0.274 e. The second kappa shape index (κ2) is 9.84. The van der Waals surface area contributed by atoms with Crippen molar-refractivity contribution in [3.8, 4) is 5.75 Å². The van der Waals surface area contributed by atoms with Crippen molar-refractivity contribution in [1.82, 2.24) is 4.90 Å². The van der Waals surface area contributed by atoms with Gasteiger partial charge in [0.2, 0.25) is 5.91 Å². The molecule has 0 bridgehead atoms. The molecule has 1 aliphatic heterocycles. The standard InChI is InChI=1S/C24H27N3O4S2/c1-19(24(28)26-16-14-25(15-17-26)20-9-4-3-5-10-20)27(21-11-6-7-12-22(21)31-2)33(29,30)23-13-8-18-32-23/h3-13,18-19H,14-17H2,1-2H3. The highest BCUT2D eigenvalue weighted by molar-refractivity contribution is 7.94. The highest BCUT2D eigenvalue weighted by Gasteiger charge is 2.38. The van der Waals surface area contributed by atoms with Gasteiger partial charge in [0.25, 0.3) is 10.0 Å². The lowest BCUT2D eigenvalue weighted by Gasteiger charge is -2.39. The maximum absolute atomic E-state index is 13.6. The molecule has 33 heavy (non-hydrogen) atoms. The number of thiophene rings is 1. The molecule has 3 aromatic rings. The van der Waals surface area contributed by atoms with Crippen molar-refractivity contribution in [2.24, 2.45) is 0 Å². The third-order valence-electron chi connectivity index (χ3n) is 5.75. The van der Waals surface area contributed by atoms with Crippen LogP contribution >= 0.6 is 11.3 Å². The number of anilines is 2. The Hall–Kier alpha value is -3.04. The summed E-state index contributed by atoms with van der Waals surface area (Å²) in [6, 6.07) is 19.3. The first kappa shape index (κ1) is 23.1. The van der Waals surface area contributed by atoms with Gasteiger partial charge in [-0.05, 0) is 42.6 Å². The van der Waals surface area contributed by atoms with Crippen LogP contribution in [0.1, 0.15) is 6.92 Å². The van der Waals surface area contributed by atoms with Gasteiger partial charge >= 0.3 is 0 Å². The summed E-state index contributed by atoms with van der Waals surface area (Å²) in [5.74, 6) is 0.167. The number of sulfonamides is 1. The van der Waals surface area contributed by atoms with Crippen molar-refractivity contribution < 1.29 is 17.9 Å². The van der Waals surface area contributed by atoms with Gasteiger partial charge in [-0.2, -0.15) is 0 Å². The molecule has 1 atom stereocenters. The summed E-state index contributed by atoms with van der Waals surface area (Å²) < 4.78 is 34.1. The summed E-state index contributed by atoms with van der Waals surface area (Å²) in [7, 11) is -2.48. The molecule has 2 heterocycles. The summed E-state index contributed by atoms with van der Waals surface area (Å²) in [5, 5.41) is 1.71. The molecule has 174 valence electrons. The van der Waals surface area contributed by atoms with E-state index in [-0.39, 0.29) is 10.1 Å². The molecule has 0 aliphatic carbocycles. The highest BCUT2D eigenvalue weighted by atomic mass is 32.2. The first-order valence-corrected chi connectivity index (χ1v) is 13.0. The van der Waals surface area contributed by atoms with Crippen LogP contribution < -0.4 is 13.9 Å². The van der Waals surface area contributed by atoms with Crippen molar-refractivity contribution in [2.45, 2.75) is 17.2 Å². The zero-order valence-corrected chi connectivity index (χ0v) is 20.3. The molecule has 1 amide bonds. The van der Waals surface area contributed by atoms with Crippen molar-refractivity contribution in [3.63, 3.8) is 0 Å². The van der Waals surface area contributed by atoms with E-state index < -0.39 is 16.1 Å². The fourth-order valence-corrected chi connectivity index (χ4v) is 6.76. The summed E-state index contributed by atoms with van der Waals surface area (Å²) in [6.07, 6.45) is 0. The van der Waals surface area contributed by atoms with Crippen molar-refractivity contribution in [2.75, 3.05) is 42.5 Å². The predicted molar refractivity (Wildman–Crippen MR) is 132 cm³/mol. The topological polar surface area (TPSA) is 70.2 Å².